The molecule has 2 rings (SSSR count). The van der Waals surface area contributed by atoms with Gasteiger partial charge in [-0.25, -0.2) is 0 Å². The van der Waals surface area contributed by atoms with E-state index in [2.05, 4.69) is 23.9 Å². The van der Waals surface area contributed by atoms with Gasteiger partial charge in [0, 0.05) is 12.6 Å². The van der Waals surface area contributed by atoms with Gasteiger partial charge in [-0.05, 0) is 65.2 Å². The molecule has 1 aliphatic heterocycles. The van der Waals surface area contributed by atoms with E-state index in [1.165, 1.54) is 45.3 Å². The summed E-state index contributed by atoms with van der Waals surface area (Å²) in [5.74, 6) is 0.866. The lowest BCUT2D eigenvalue weighted by Crippen LogP contribution is -2.46. The second kappa shape index (κ2) is 5.48. The molecular formula is C13H26N2O. The molecule has 3 nitrogen and oxygen atoms in total. The smallest absolute Gasteiger partial charge is 0.0695 e. The molecule has 0 aromatic carbocycles. The molecule has 1 aliphatic carbocycles. The van der Waals surface area contributed by atoms with E-state index in [4.69, 9.17) is 0 Å². The molecule has 0 radical (unpaired) electrons. The largest absolute Gasteiger partial charge is 0.391 e. The first-order valence-electron chi connectivity index (χ1n) is 6.73. The highest BCUT2D eigenvalue weighted by Gasteiger charge is 2.32. The average Bonchev–Trinajstić information content (AvgIpc) is 2.65. The predicted molar refractivity (Wildman–Crippen MR) is 66.5 cm³/mol. The number of aliphatic hydroxyl groups is 1. The third kappa shape index (κ3) is 2.96. The van der Waals surface area contributed by atoms with Crippen molar-refractivity contribution in [3.63, 3.8) is 0 Å². The van der Waals surface area contributed by atoms with E-state index < -0.39 is 0 Å². The molecule has 2 fully saturated rings. The fourth-order valence-corrected chi connectivity index (χ4v) is 3.33. The van der Waals surface area contributed by atoms with Gasteiger partial charge in [0.15, 0.2) is 0 Å². The van der Waals surface area contributed by atoms with Gasteiger partial charge in [-0.1, -0.05) is 0 Å². The van der Waals surface area contributed by atoms with Crippen LogP contribution in [0.15, 0.2) is 0 Å². The van der Waals surface area contributed by atoms with Gasteiger partial charge in [-0.15, -0.1) is 0 Å². The molecule has 0 aromatic rings. The van der Waals surface area contributed by atoms with Crippen LogP contribution >= 0.6 is 0 Å². The Morgan fingerprint density at radius 2 is 1.81 bits per heavy atom. The molecule has 16 heavy (non-hydrogen) atoms. The zero-order valence-electron chi connectivity index (χ0n) is 10.7. The zero-order chi connectivity index (χ0) is 11.5. The fraction of sp³-hybridized carbons (Fsp3) is 1.00. The SMILES string of the molecule is CN(C)CC1CCN([C@@H]2CCC[C@H]2O)CC1. The summed E-state index contributed by atoms with van der Waals surface area (Å²) < 4.78 is 0. The lowest BCUT2D eigenvalue weighted by molar-refractivity contribution is 0.0450. The summed E-state index contributed by atoms with van der Waals surface area (Å²) in [6.07, 6.45) is 6.00. The van der Waals surface area contributed by atoms with Crippen LogP contribution in [0.2, 0.25) is 0 Å². The molecule has 3 heteroatoms. The van der Waals surface area contributed by atoms with Gasteiger partial charge in [-0.2, -0.15) is 0 Å². The summed E-state index contributed by atoms with van der Waals surface area (Å²) >= 11 is 0. The maximum absolute atomic E-state index is 9.90. The van der Waals surface area contributed by atoms with Crippen molar-refractivity contribution in [3.05, 3.63) is 0 Å². The molecule has 1 heterocycles. The first kappa shape index (κ1) is 12.3. The van der Waals surface area contributed by atoms with Crippen molar-refractivity contribution in [1.82, 2.24) is 9.80 Å². The highest BCUT2D eigenvalue weighted by molar-refractivity contribution is 4.87. The minimum atomic E-state index is -0.0506. The van der Waals surface area contributed by atoms with E-state index in [1.807, 2.05) is 0 Å². The van der Waals surface area contributed by atoms with Crippen LogP contribution in [0.1, 0.15) is 32.1 Å². The van der Waals surface area contributed by atoms with Crippen LogP contribution < -0.4 is 0 Å². The Labute approximate surface area is 99.4 Å². The number of hydrogen-bond donors (Lipinski definition) is 1. The normalized spacial score (nSPS) is 33.8. The first-order valence-corrected chi connectivity index (χ1v) is 6.73. The van der Waals surface area contributed by atoms with Gasteiger partial charge < -0.3 is 10.0 Å². The molecule has 94 valence electrons. The summed E-state index contributed by atoms with van der Waals surface area (Å²) in [4.78, 5) is 4.83. The fourth-order valence-electron chi connectivity index (χ4n) is 3.33. The molecule has 2 atom stereocenters. The van der Waals surface area contributed by atoms with Crippen molar-refractivity contribution < 1.29 is 5.11 Å². The van der Waals surface area contributed by atoms with Crippen LogP contribution in [0.25, 0.3) is 0 Å². The topological polar surface area (TPSA) is 26.7 Å². The summed E-state index contributed by atoms with van der Waals surface area (Å²) in [5.41, 5.74) is 0. The van der Waals surface area contributed by atoms with Crippen LogP contribution in [0.5, 0.6) is 0 Å². The Balaban J connectivity index is 1.76. The molecule has 0 bridgehead atoms. The number of likely N-dealkylation sites (tertiary alicyclic amines) is 1. The van der Waals surface area contributed by atoms with Crippen molar-refractivity contribution in [2.75, 3.05) is 33.7 Å². The van der Waals surface area contributed by atoms with Crippen LogP contribution in [0, 0.1) is 5.92 Å². The zero-order valence-corrected chi connectivity index (χ0v) is 10.7. The highest BCUT2D eigenvalue weighted by atomic mass is 16.3. The molecule has 1 saturated heterocycles. The summed E-state index contributed by atoms with van der Waals surface area (Å²) in [5, 5.41) is 9.90. The lowest BCUT2D eigenvalue weighted by atomic mass is 9.95. The van der Waals surface area contributed by atoms with E-state index in [0.29, 0.717) is 6.04 Å². The average molecular weight is 226 g/mol. The van der Waals surface area contributed by atoms with E-state index in [-0.39, 0.29) is 6.10 Å². The van der Waals surface area contributed by atoms with Gasteiger partial charge in [-0.3, -0.25) is 4.90 Å². The number of hydrogen-bond acceptors (Lipinski definition) is 3. The minimum absolute atomic E-state index is 0.0506. The standard InChI is InChI=1S/C13H26N2O/c1-14(2)10-11-6-8-15(9-7-11)12-4-3-5-13(12)16/h11-13,16H,3-10H2,1-2H3/t12-,13-/m1/s1. The number of piperidine rings is 1. The molecule has 1 N–H and O–H groups in total. The Kier molecular flexibility index (Phi) is 4.22. The monoisotopic (exact) mass is 226 g/mol. The van der Waals surface area contributed by atoms with E-state index >= 15 is 0 Å². The quantitative estimate of drug-likeness (QED) is 0.782. The Bertz CT molecular complexity index is 212. The molecular weight excluding hydrogens is 200 g/mol. The third-order valence-corrected chi connectivity index (χ3v) is 4.19. The van der Waals surface area contributed by atoms with E-state index in [1.54, 1.807) is 0 Å². The van der Waals surface area contributed by atoms with Gasteiger partial charge in [0.2, 0.25) is 0 Å². The summed E-state index contributed by atoms with van der Waals surface area (Å²) in [7, 11) is 4.32. The molecule has 0 amide bonds. The van der Waals surface area contributed by atoms with Gasteiger partial charge in [0.1, 0.15) is 0 Å². The lowest BCUT2D eigenvalue weighted by Gasteiger charge is -2.38. The first-order chi connectivity index (χ1) is 7.66. The summed E-state index contributed by atoms with van der Waals surface area (Å²) in [6, 6.07) is 0.473. The van der Waals surface area contributed by atoms with Crippen LogP contribution in [-0.2, 0) is 0 Å². The van der Waals surface area contributed by atoms with Crippen LogP contribution in [-0.4, -0.2) is 60.8 Å². The van der Waals surface area contributed by atoms with E-state index in [0.717, 1.165) is 12.3 Å². The Morgan fingerprint density at radius 1 is 1.12 bits per heavy atom. The van der Waals surface area contributed by atoms with Crippen LogP contribution in [0.4, 0.5) is 0 Å². The second-order valence-electron chi connectivity index (χ2n) is 5.81. The van der Waals surface area contributed by atoms with Gasteiger partial charge in [0.05, 0.1) is 6.10 Å². The summed E-state index contributed by atoms with van der Waals surface area (Å²) in [6.45, 7) is 3.61. The highest BCUT2D eigenvalue weighted by Crippen LogP contribution is 2.28. The van der Waals surface area contributed by atoms with Crippen LogP contribution in [0.3, 0.4) is 0 Å². The van der Waals surface area contributed by atoms with Crippen molar-refractivity contribution >= 4 is 0 Å². The van der Waals surface area contributed by atoms with Crippen molar-refractivity contribution in [2.24, 2.45) is 5.92 Å². The molecule has 0 unspecified atom stereocenters. The number of nitrogens with zero attached hydrogens (tertiary/aromatic N) is 2. The second-order valence-corrected chi connectivity index (χ2v) is 5.81. The Hall–Kier alpha value is -0.120. The minimum Gasteiger partial charge on any atom is -0.391 e. The van der Waals surface area contributed by atoms with E-state index in [9.17, 15) is 5.11 Å². The maximum Gasteiger partial charge on any atom is 0.0695 e. The van der Waals surface area contributed by atoms with Gasteiger partial charge in [0.25, 0.3) is 0 Å². The number of aliphatic hydroxyl groups excluding tert-OH is 1. The Morgan fingerprint density at radius 3 is 2.31 bits per heavy atom. The molecule has 1 saturated carbocycles. The third-order valence-electron chi connectivity index (χ3n) is 4.19. The van der Waals surface area contributed by atoms with Crippen molar-refractivity contribution in [1.29, 1.82) is 0 Å². The predicted octanol–water partition coefficient (Wildman–Crippen LogP) is 1.17. The van der Waals surface area contributed by atoms with Crippen molar-refractivity contribution in [3.8, 4) is 0 Å². The van der Waals surface area contributed by atoms with Gasteiger partial charge >= 0.3 is 0 Å². The van der Waals surface area contributed by atoms with Crippen molar-refractivity contribution in [2.45, 2.75) is 44.2 Å². The molecule has 2 aliphatic rings. The molecule has 0 aromatic heterocycles. The number of rotatable bonds is 3. The molecule has 0 spiro atoms. The maximum atomic E-state index is 9.90.